The first-order valence-electron chi connectivity index (χ1n) is 6.83. The van der Waals surface area contributed by atoms with Gasteiger partial charge in [0, 0.05) is 24.7 Å². The topological polar surface area (TPSA) is 52.6 Å². The van der Waals surface area contributed by atoms with Crippen molar-refractivity contribution in [3.63, 3.8) is 0 Å². The molecule has 5 heteroatoms. The molecule has 0 heterocycles. The molecule has 4 nitrogen and oxygen atoms in total. The number of likely N-dealkylation sites (N-methyl/N-ethyl adjacent to an activating group) is 1. The van der Waals surface area contributed by atoms with Crippen molar-refractivity contribution in [3.8, 4) is 11.8 Å². The van der Waals surface area contributed by atoms with Crippen LogP contribution in [0.1, 0.15) is 29.8 Å². The van der Waals surface area contributed by atoms with Crippen LogP contribution < -0.4 is 5.32 Å². The van der Waals surface area contributed by atoms with Gasteiger partial charge in [-0.25, -0.2) is 4.39 Å². The van der Waals surface area contributed by atoms with Crippen molar-refractivity contribution < 1.29 is 14.3 Å². The predicted octanol–water partition coefficient (Wildman–Crippen LogP) is 1.24. The molecule has 1 amide bonds. The molecule has 0 spiro atoms. The summed E-state index contributed by atoms with van der Waals surface area (Å²) in [6.07, 6.45) is 0. The fourth-order valence-corrected chi connectivity index (χ4v) is 1.60. The lowest BCUT2D eigenvalue weighted by molar-refractivity contribution is 0.0947. The van der Waals surface area contributed by atoms with E-state index in [4.69, 9.17) is 5.11 Å². The first-order valence-corrected chi connectivity index (χ1v) is 6.83. The summed E-state index contributed by atoms with van der Waals surface area (Å²) in [6.45, 7) is 5.05. The lowest BCUT2D eigenvalue weighted by Gasteiger charge is -2.20. The van der Waals surface area contributed by atoms with E-state index in [1.807, 2.05) is 7.05 Å². The minimum Gasteiger partial charge on any atom is -0.384 e. The van der Waals surface area contributed by atoms with Gasteiger partial charge in [0.1, 0.15) is 12.4 Å². The number of hydrogen-bond donors (Lipinski definition) is 2. The Balaban J connectivity index is 2.61. The third-order valence-electron chi connectivity index (χ3n) is 3.17. The molecule has 2 N–H and O–H groups in total. The smallest absolute Gasteiger partial charge is 0.251 e. The van der Waals surface area contributed by atoms with Gasteiger partial charge in [-0.05, 0) is 39.1 Å². The zero-order chi connectivity index (χ0) is 15.8. The Morgan fingerprint density at radius 3 is 2.76 bits per heavy atom. The Bertz CT molecular complexity index is 547. The van der Waals surface area contributed by atoms with E-state index in [1.165, 1.54) is 12.1 Å². The van der Waals surface area contributed by atoms with Crippen LogP contribution in [0.4, 0.5) is 4.39 Å². The molecule has 0 saturated carbocycles. The van der Waals surface area contributed by atoms with Crippen molar-refractivity contribution >= 4 is 5.91 Å². The summed E-state index contributed by atoms with van der Waals surface area (Å²) in [5.41, 5.74) is 0.425. The normalized spacial score (nSPS) is 10.4. The van der Waals surface area contributed by atoms with Gasteiger partial charge in [0.05, 0.1) is 5.56 Å². The maximum absolute atomic E-state index is 13.7. The molecule has 0 aliphatic heterocycles. The van der Waals surface area contributed by atoms with Crippen LogP contribution in [0, 0.1) is 17.7 Å². The van der Waals surface area contributed by atoms with Crippen molar-refractivity contribution in [2.24, 2.45) is 0 Å². The molecule has 1 aromatic carbocycles. The molecular formula is C16H21FN2O2. The second kappa shape index (κ2) is 8.40. The largest absolute Gasteiger partial charge is 0.384 e. The first kappa shape index (κ1) is 17.2. The lowest BCUT2D eigenvalue weighted by atomic mass is 10.1. The SMILES string of the molecule is CC(C)N(C)CCNC(=O)c1ccc(C#CCO)c(F)c1. The number of benzene rings is 1. The van der Waals surface area contributed by atoms with Crippen LogP contribution in [0.15, 0.2) is 18.2 Å². The summed E-state index contributed by atoms with van der Waals surface area (Å²) >= 11 is 0. The number of aliphatic hydroxyl groups excluding tert-OH is 1. The monoisotopic (exact) mass is 292 g/mol. The Labute approximate surface area is 125 Å². The first-order chi connectivity index (χ1) is 9.95. The number of hydrogen-bond acceptors (Lipinski definition) is 3. The number of halogens is 1. The highest BCUT2D eigenvalue weighted by Gasteiger charge is 2.09. The van der Waals surface area contributed by atoms with Gasteiger partial charge in [0.25, 0.3) is 5.91 Å². The molecule has 0 atom stereocenters. The lowest BCUT2D eigenvalue weighted by Crippen LogP contribution is -2.36. The molecule has 0 aliphatic carbocycles. The van der Waals surface area contributed by atoms with Crippen LogP contribution in [0.2, 0.25) is 0 Å². The number of amides is 1. The zero-order valence-electron chi connectivity index (χ0n) is 12.6. The van der Waals surface area contributed by atoms with E-state index in [0.717, 1.165) is 12.6 Å². The van der Waals surface area contributed by atoms with Crippen molar-refractivity contribution in [1.29, 1.82) is 0 Å². The fraction of sp³-hybridized carbons (Fsp3) is 0.438. The number of rotatable bonds is 5. The van der Waals surface area contributed by atoms with Crippen LogP contribution in [0.5, 0.6) is 0 Å². The molecule has 0 bridgehead atoms. The minimum absolute atomic E-state index is 0.167. The van der Waals surface area contributed by atoms with E-state index in [0.29, 0.717) is 12.6 Å². The standard InChI is InChI=1S/C16H21FN2O2/c1-12(2)19(3)9-8-18-16(21)14-7-6-13(5-4-10-20)15(17)11-14/h6-7,11-12,20H,8-10H2,1-3H3,(H,18,21). The molecule has 0 fully saturated rings. The molecule has 1 aromatic rings. The Hall–Kier alpha value is -1.90. The van der Waals surface area contributed by atoms with Crippen molar-refractivity contribution in [3.05, 3.63) is 35.1 Å². The number of nitrogens with one attached hydrogen (secondary N) is 1. The van der Waals surface area contributed by atoms with Crippen LogP contribution in [-0.4, -0.2) is 48.7 Å². The van der Waals surface area contributed by atoms with E-state index in [2.05, 4.69) is 35.9 Å². The summed E-state index contributed by atoms with van der Waals surface area (Å²) in [6, 6.07) is 4.52. The van der Waals surface area contributed by atoms with E-state index in [1.54, 1.807) is 0 Å². The van der Waals surface area contributed by atoms with Crippen LogP contribution >= 0.6 is 0 Å². The summed E-state index contributed by atoms with van der Waals surface area (Å²) < 4.78 is 13.7. The summed E-state index contributed by atoms with van der Waals surface area (Å²) in [5.74, 6) is 3.98. The van der Waals surface area contributed by atoms with Gasteiger partial charge < -0.3 is 15.3 Å². The molecule has 0 aromatic heterocycles. The minimum atomic E-state index is -0.567. The maximum Gasteiger partial charge on any atom is 0.251 e. The average Bonchev–Trinajstić information content (AvgIpc) is 2.45. The van der Waals surface area contributed by atoms with E-state index >= 15 is 0 Å². The molecule has 0 unspecified atom stereocenters. The van der Waals surface area contributed by atoms with Crippen LogP contribution in [0.25, 0.3) is 0 Å². The van der Waals surface area contributed by atoms with Gasteiger partial charge in [-0.3, -0.25) is 4.79 Å². The van der Waals surface area contributed by atoms with Crippen LogP contribution in [0.3, 0.4) is 0 Å². The fourth-order valence-electron chi connectivity index (χ4n) is 1.60. The van der Waals surface area contributed by atoms with Gasteiger partial charge in [-0.2, -0.15) is 0 Å². The Morgan fingerprint density at radius 1 is 1.48 bits per heavy atom. The van der Waals surface area contributed by atoms with E-state index in [-0.39, 0.29) is 23.6 Å². The highest BCUT2D eigenvalue weighted by atomic mass is 19.1. The molecular weight excluding hydrogens is 271 g/mol. The van der Waals surface area contributed by atoms with E-state index < -0.39 is 5.82 Å². The molecule has 0 radical (unpaired) electrons. The number of nitrogens with zero attached hydrogens (tertiary/aromatic N) is 1. The number of carbonyl (C=O) groups excluding carboxylic acids is 1. The molecule has 1 rings (SSSR count). The van der Waals surface area contributed by atoms with Gasteiger partial charge in [0.15, 0.2) is 0 Å². The summed E-state index contributed by atoms with van der Waals surface area (Å²) in [5, 5.41) is 11.3. The van der Waals surface area contributed by atoms with Gasteiger partial charge in [0.2, 0.25) is 0 Å². The molecule has 114 valence electrons. The highest BCUT2D eigenvalue weighted by molar-refractivity contribution is 5.94. The predicted molar refractivity (Wildman–Crippen MR) is 80.5 cm³/mol. The van der Waals surface area contributed by atoms with Crippen molar-refractivity contribution in [1.82, 2.24) is 10.2 Å². The van der Waals surface area contributed by atoms with E-state index in [9.17, 15) is 9.18 Å². The zero-order valence-corrected chi connectivity index (χ0v) is 12.6. The van der Waals surface area contributed by atoms with Gasteiger partial charge in [-0.15, -0.1) is 0 Å². The molecule has 21 heavy (non-hydrogen) atoms. The maximum atomic E-state index is 13.7. The van der Waals surface area contributed by atoms with Crippen LogP contribution in [-0.2, 0) is 0 Å². The van der Waals surface area contributed by atoms with Gasteiger partial charge >= 0.3 is 0 Å². The molecule has 0 saturated heterocycles. The second-order valence-electron chi connectivity index (χ2n) is 4.98. The highest BCUT2D eigenvalue weighted by Crippen LogP contribution is 2.09. The van der Waals surface area contributed by atoms with Crippen molar-refractivity contribution in [2.45, 2.75) is 19.9 Å². The quantitative estimate of drug-likeness (QED) is 0.803. The van der Waals surface area contributed by atoms with Gasteiger partial charge in [-0.1, -0.05) is 11.8 Å². The summed E-state index contributed by atoms with van der Waals surface area (Å²) in [4.78, 5) is 14.0. The molecule has 0 aliphatic rings. The van der Waals surface area contributed by atoms with Crippen molar-refractivity contribution in [2.75, 3.05) is 26.7 Å². The average molecular weight is 292 g/mol. The Kier molecular flexibility index (Phi) is 6.86. The Morgan fingerprint density at radius 2 is 2.19 bits per heavy atom. The second-order valence-corrected chi connectivity index (χ2v) is 4.98. The third-order valence-corrected chi connectivity index (χ3v) is 3.17. The number of aliphatic hydroxyl groups is 1. The third kappa shape index (κ3) is 5.54. The summed E-state index contributed by atoms with van der Waals surface area (Å²) in [7, 11) is 1.98. The number of carbonyl (C=O) groups is 1.